The molecule has 0 saturated carbocycles. The van der Waals surface area contributed by atoms with Crippen LogP contribution in [0, 0.1) is 5.41 Å². The topological polar surface area (TPSA) is 92.4 Å². The van der Waals surface area contributed by atoms with Crippen LogP contribution in [0.1, 0.15) is 43.6 Å². The fraction of sp³-hybridized carbons (Fsp3) is 0.625. The van der Waals surface area contributed by atoms with E-state index in [1.54, 1.807) is 6.20 Å². The first-order valence-corrected chi connectivity index (χ1v) is 8.11. The first-order chi connectivity index (χ1) is 10.9. The van der Waals surface area contributed by atoms with Crippen LogP contribution < -0.4 is 10.6 Å². The van der Waals surface area contributed by atoms with Crippen LogP contribution >= 0.6 is 0 Å². The number of carbonyl (C=O) groups is 2. The van der Waals surface area contributed by atoms with E-state index in [1.807, 2.05) is 9.80 Å². The summed E-state index contributed by atoms with van der Waals surface area (Å²) < 4.78 is 0. The van der Waals surface area contributed by atoms with Gasteiger partial charge in [0, 0.05) is 25.7 Å². The molecule has 7 nitrogen and oxygen atoms in total. The summed E-state index contributed by atoms with van der Waals surface area (Å²) in [6.45, 7) is 6.34. The highest BCUT2D eigenvalue weighted by Crippen LogP contribution is 2.41. The van der Waals surface area contributed by atoms with Crippen molar-refractivity contribution in [3.05, 3.63) is 18.1 Å². The van der Waals surface area contributed by atoms with Crippen LogP contribution in [-0.4, -0.2) is 52.4 Å². The van der Waals surface area contributed by atoms with Gasteiger partial charge in [0.15, 0.2) is 0 Å². The van der Waals surface area contributed by atoms with Gasteiger partial charge in [0.2, 0.25) is 5.91 Å². The molecule has 2 saturated heterocycles. The SMILES string of the molecule is CC(C)N1CCCC2(CCN(c3cncc(C(N)=O)n3)C2)C1=O. The number of aromatic nitrogens is 2. The molecule has 0 aromatic carbocycles. The highest BCUT2D eigenvalue weighted by atomic mass is 16.2. The van der Waals surface area contributed by atoms with Crippen LogP contribution in [0.4, 0.5) is 5.82 Å². The number of hydrogen-bond acceptors (Lipinski definition) is 5. The van der Waals surface area contributed by atoms with Gasteiger partial charge in [-0.2, -0.15) is 0 Å². The van der Waals surface area contributed by atoms with Crippen LogP contribution in [0.3, 0.4) is 0 Å². The Morgan fingerprint density at radius 3 is 2.78 bits per heavy atom. The standard InChI is InChI=1S/C16H23N5O2/c1-11(2)21-6-3-4-16(15(21)23)5-7-20(10-16)13-9-18-8-12(19-13)14(17)22/h8-9,11H,3-7,10H2,1-2H3,(H2,17,22). The van der Waals surface area contributed by atoms with Crippen molar-refractivity contribution >= 4 is 17.6 Å². The number of piperidine rings is 1. The largest absolute Gasteiger partial charge is 0.364 e. The number of likely N-dealkylation sites (tertiary alicyclic amines) is 1. The predicted molar refractivity (Wildman–Crippen MR) is 85.9 cm³/mol. The van der Waals surface area contributed by atoms with Crippen LogP contribution in [0.15, 0.2) is 12.4 Å². The van der Waals surface area contributed by atoms with Gasteiger partial charge in [-0.25, -0.2) is 4.98 Å². The summed E-state index contributed by atoms with van der Waals surface area (Å²) in [4.78, 5) is 36.6. The number of anilines is 1. The predicted octanol–water partition coefficient (Wildman–Crippen LogP) is 0.803. The molecule has 23 heavy (non-hydrogen) atoms. The molecular weight excluding hydrogens is 294 g/mol. The Kier molecular flexibility index (Phi) is 3.95. The van der Waals surface area contributed by atoms with Crippen molar-refractivity contribution in [2.45, 2.75) is 39.2 Å². The average Bonchev–Trinajstić information content (AvgIpc) is 2.95. The number of amides is 2. The zero-order valence-electron chi connectivity index (χ0n) is 13.7. The van der Waals surface area contributed by atoms with Crippen molar-refractivity contribution in [1.82, 2.24) is 14.9 Å². The minimum Gasteiger partial charge on any atom is -0.364 e. The van der Waals surface area contributed by atoms with Crippen LogP contribution in [-0.2, 0) is 4.79 Å². The molecule has 3 rings (SSSR count). The summed E-state index contributed by atoms with van der Waals surface area (Å²) in [6.07, 6.45) is 5.75. The molecule has 0 aliphatic carbocycles. The summed E-state index contributed by atoms with van der Waals surface area (Å²) >= 11 is 0. The summed E-state index contributed by atoms with van der Waals surface area (Å²) in [5.41, 5.74) is 5.10. The molecule has 3 heterocycles. The van der Waals surface area contributed by atoms with E-state index in [1.165, 1.54) is 6.20 Å². The van der Waals surface area contributed by atoms with Gasteiger partial charge in [-0.3, -0.25) is 14.6 Å². The first kappa shape index (κ1) is 15.7. The van der Waals surface area contributed by atoms with Crippen molar-refractivity contribution in [3.63, 3.8) is 0 Å². The van der Waals surface area contributed by atoms with E-state index < -0.39 is 5.91 Å². The van der Waals surface area contributed by atoms with Crippen LogP contribution in [0.2, 0.25) is 0 Å². The van der Waals surface area contributed by atoms with Gasteiger partial charge >= 0.3 is 0 Å². The van der Waals surface area contributed by atoms with E-state index in [2.05, 4.69) is 23.8 Å². The third-order valence-electron chi connectivity index (χ3n) is 4.94. The number of hydrogen-bond donors (Lipinski definition) is 1. The summed E-state index contributed by atoms with van der Waals surface area (Å²) in [7, 11) is 0. The lowest BCUT2D eigenvalue weighted by molar-refractivity contribution is -0.147. The highest BCUT2D eigenvalue weighted by molar-refractivity contribution is 5.90. The fourth-order valence-corrected chi connectivity index (χ4v) is 3.67. The zero-order valence-corrected chi connectivity index (χ0v) is 13.7. The van der Waals surface area contributed by atoms with Crippen molar-refractivity contribution in [3.8, 4) is 0 Å². The molecule has 2 aliphatic rings. The molecule has 1 unspecified atom stereocenters. The van der Waals surface area contributed by atoms with Crippen LogP contribution in [0.5, 0.6) is 0 Å². The monoisotopic (exact) mass is 317 g/mol. The van der Waals surface area contributed by atoms with Crippen molar-refractivity contribution in [1.29, 1.82) is 0 Å². The van der Waals surface area contributed by atoms with E-state index >= 15 is 0 Å². The third kappa shape index (κ3) is 2.75. The number of nitrogens with two attached hydrogens (primary N) is 1. The molecular formula is C16H23N5O2. The van der Waals surface area contributed by atoms with Crippen LogP contribution in [0.25, 0.3) is 0 Å². The lowest BCUT2D eigenvalue weighted by Gasteiger charge is -2.41. The fourth-order valence-electron chi connectivity index (χ4n) is 3.67. The molecule has 0 radical (unpaired) electrons. The lowest BCUT2D eigenvalue weighted by atomic mass is 9.78. The molecule has 2 fully saturated rings. The van der Waals surface area contributed by atoms with Gasteiger partial charge in [0.05, 0.1) is 17.8 Å². The second-order valence-electron chi connectivity index (χ2n) is 6.77. The van der Waals surface area contributed by atoms with Gasteiger partial charge in [0.1, 0.15) is 11.5 Å². The number of primary amides is 1. The van der Waals surface area contributed by atoms with E-state index in [-0.39, 0.29) is 23.1 Å². The molecule has 7 heteroatoms. The molecule has 1 aromatic heterocycles. The smallest absolute Gasteiger partial charge is 0.268 e. The third-order valence-corrected chi connectivity index (χ3v) is 4.94. The van der Waals surface area contributed by atoms with Gasteiger partial charge in [0.25, 0.3) is 5.91 Å². The molecule has 1 spiro atoms. The quantitative estimate of drug-likeness (QED) is 0.890. The zero-order chi connectivity index (χ0) is 16.6. The second kappa shape index (κ2) is 5.79. The van der Waals surface area contributed by atoms with Gasteiger partial charge in [-0.1, -0.05) is 0 Å². The summed E-state index contributed by atoms with van der Waals surface area (Å²) in [5, 5.41) is 0. The Labute approximate surface area is 135 Å². The molecule has 2 amide bonds. The molecule has 124 valence electrons. The average molecular weight is 317 g/mol. The number of carbonyl (C=O) groups excluding carboxylic acids is 2. The summed E-state index contributed by atoms with van der Waals surface area (Å²) in [6, 6.07) is 0.228. The first-order valence-electron chi connectivity index (χ1n) is 8.11. The Hall–Kier alpha value is -2.18. The van der Waals surface area contributed by atoms with Crippen molar-refractivity contribution in [2.75, 3.05) is 24.5 Å². The Balaban J connectivity index is 1.81. The molecule has 1 atom stereocenters. The lowest BCUT2D eigenvalue weighted by Crippen LogP contribution is -2.52. The van der Waals surface area contributed by atoms with Gasteiger partial charge in [-0.05, 0) is 33.1 Å². The van der Waals surface area contributed by atoms with E-state index in [0.29, 0.717) is 12.4 Å². The van der Waals surface area contributed by atoms with Crippen molar-refractivity contribution in [2.24, 2.45) is 11.1 Å². The Bertz CT molecular complexity index is 633. The normalized spacial score (nSPS) is 24.7. The molecule has 0 bridgehead atoms. The van der Waals surface area contributed by atoms with Gasteiger partial charge in [-0.15, -0.1) is 0 Å². The summed E-state index contributed by atoms with van der Waals surface area (Å²) in [5.74, 6) is 0.279. The maximum absolute atomic E-state index is 12.9. The minimum atomic E-state index is -0.590. The second-order valence-corrected chi connectivity index (χ2v) is 6.77. The van der Waals surface area contributed by atoms with E-state index in [0.717, 1.165) is 32.4 Å². The molecule has 2 aliphatic heterocycles. The Morgan fingerprint density at radius 1 is 1.30 bits per heavy atom. The van der Waals surface area contributed by atoms with Gasteiger partial charge < -0.3 is 15.5 Å². The highest BCUT2D eigenvalue weighted by Gasteiger charge is 2.49. The Morgan fingerprint density at radius 2 is 2.09 bits per heavy atom. The van der Waals surface area contributed by atoms with E-state index in [4.69, 9.17) is 5.73 Å². The number of rotatable bonds is 3. The maximum Gasteiger partial charge on any atom is 0.268 e. The number of nitrogens with zero attached hydrogens (tertiary/aromatic N) is 4. The molecule has 1 aromatic rings. The molecule has 2 N–H and O–H groups in total. The maximum atomic E-state index is 12.9. The minimum absolute atomic E-state index is 0.155. The van der Waals surface area contributed by atoms with Crippen molar-refractivity contribution < 1.29 is 9.59 Å². The van der Waals surface area contributed by atoms with E-state index in [9.17, 15) is 9.59 Å².